The molecule has 2 aromatic heterocycles. The molecule has 3 heterocycles. The summed E-state index contributed by atoms with van der Waals surface area (Å²) in [5, 5.41) is 8.12. The maximum atomic E-state index is 4.64. The van der Waals surface area contributed by atoms with E-state index in [1.54, 1.807) is 0 Å². The zero-order valence-electron chi connectivity index (χ0n) is 9.70. The van der Waals surface area contributed by atoms with Crippen LogP contribution in [0.5, 0.6) is 0 Å². The molecular weight excluding hydrogens is 280 g/mol. The van der Waals surface area contributed by atoms with Gasteiger partial charge in [0, 0.05) is 13.2 Å². The van der Waals surface area contributed by atoms with E-state index in [-0.39, 0.29) is 0 Å². The Morgan fingerprint density at radius 2 is 2.41 bits per heavy atom. The summed E-state index contributed by atoms with van der Waals surface area (Å²) in [6.07, 6.45) is 4.33. The van der Waals surface area contributed by atoms with Gasteiger partial charge in [-0.3, -0.25) is 4.68 Å². The van der Waals surface area contributed by atoms with Gasteiger partial charge in [0.25, 0.3) is 0 Å². The molecule has 1 atom stereocenters. The lowest BCUT2D eigenvalue weighted by Crippen LogP contribution is -2.14. The van der Waals surface area contributed by atoms with Crippen LogP contribution in [-0.4, -0.2) is 21.3 Å². The van der Waals surface area contributed by atoms with Gasteiger partial charge in [0.2, 0.25) is 0 Å². The van der Waals surface area contributed by atoms with Crippen LogP contribution in [0.4, 0.5) is 0 Å². The molecule has 0 saturated carbocycles. The van der Waals surface area contributed by atoms with Gasteiger partial charge < -0.3 is 10.3 Å². The summed E-state index contributed by atoms with van der Waals surface area (Å²) in [7, 11) is 1.99. The van der Waals surface area contributed by atoms with E-state index in [4.69, 9.17) is 0 Å². The van der Waals surface area contributed by atoms with Crippen LogP contribution in [-0.2, 0) is 7.05 Å². The lowest BCUT2D eigenvalue weighted by Gasteiger charge is -2.06. The minimum atomic E-state index is 0.388. The molecule has 1 unspecified atom stereocenters. The summed E-state index contributed by atoms with van der Waals surface area (Å²) in [6.45, 7) is 1.09. The molecule has 0 aromatic carbocycles. The van der Waals surface area contributed by atoms with E-state index in [1.807, 2.05) is 24.0 Å². The molecule has 3 rings (SSSR count). The van der Waals surface area contributed by atoms with Crippen LogP contribution in [0.25, 0.3) is 11.4 Å². The van der Waals surface area contributed by atoms with Gasteiger partial charge in [-0.15, -0.1) is 0 Å². The number of aromatic nitrogens is 3. The van der Waals surface area contributed by atoms with Gasteiger partial charge in [-0.25, -0.2) is 0 Å². The third-order valence-corrected chi connectivity index (χ3v) is 4.04. The molecule has 17 heavy (non-hydrogen) atoms. The van der Waals surface area contributed by atoms with Gasteiger partial charge in [0.1, 0.15) is 0 Å². The molecule has 4 nitrogen and oxygen atoms in total. The average molecular weight is 295 g/mol. The third-order valence-electron chi connectivity index (χ3n) is 3.26. The molecule has 2 aromatic rings. The van der Waals surface area contributed by atoms with E-state index in [0.29, 0.717) is 6.04 Å². The summed E-state index contributed by atoms with van der Waals surface area (Å²) in [4.78, 5) is 3.23. The lowest BCUT2D eigenvalue weighted by atomic mass is 10.1. The molecule has 0 bridgehead atoms. The first-order valence-electron chi connectivity index (χ1n) is 5.87. The van der Waals surface area contributed by atoms with Crippen LogP contribution < -0.4 is 5.32 Å². The number of aryl methyl sites for hydroxylation is 1. The molecule has 0 aliphatic carbocycles. The van der Waals surface area contributed by atoms with Crippen molar-refractivity contribution in [2.45, 2.75) is 18.9 Å². The van der Waals surface area contributed by atoms with Crippen LogP contribution in [0.1, 0.15) is 24.6 Å². The van der Waals surface area contributed by atoms with E-state index >= 15 is 0 Å². The molecule has 0 spiro atoms. The topological polar surface area (TPSA) is 45.6 Å². The minimum Gasteiger partial charge on any atom is -0.360 e. The molecular formula is C12H15BrN4. The Bertz CT molecular complexity index is 509. The number of H-pyrrole nitrogens is 1. The zero-order chi connectivity index (χ0) is 11.8. The molecule has 1 aliphatic rings. The van der Waals surface area contributed by atoms with Crippen LogP contribution >= 0.6 is 15.9 Å². The fourth-order valence-corrected chi connectivity index (χ4v) is 3.26. The first-order valence-corrected chi connectivity index (χ1v) is 6.66. The predicted molar refractivity (Wildman–Crippen MR) is 70.7 cm³/mol. The SMILES string of the molecule is Cn1nc(C2CCCN2)c(Br)c1-c1ccc[nH]1. The Morgan fingerprint density at radius 1 is 1.53 bits per heavy atom. The van der Waals surface area contributed by atoms with Crippen molar-refractivity contribution in [3.63, 3.8) is 0 Å². The molecule has 2 N–H and O–H groups in total. The maximum absolute atomic E-state index is 4.64. The number of nitrogens with zero attached hydrogens (tertiary/aromatic N) is 2. The molecule has 0 amide bonds. The molecule has 1 aliphatic heterocycles. The monoisotopic (exact) mass is 294 g/mol. The Kier molecular flexibility index (Phi) is 2.80. The Labute approximate surface area is 109 Å². The van der Waals surface area contributed by atoms with Gasteiger partial charge >= 0.3 is 0 Å². The van der Waals surface area contributed by atoms with Gasteiger partial charge in [0.15, 0.2) is 0 Å². The van der Waals surface area contributed by atoms with E-state index in [9.17, 15) is 0 Å². The molecule has 5 heteroatoms. The van der Waals surface area contributed by atoms with E-state index in [2.05, 4.69) is 37.4 Å². The summed E-state index contributed by atoms with van der Waals surface area (Å²) in [6, 6.07) is 4.45. The van der Waals surface area contributed by atoms with E-state index in [1.165, 1.54) is 12.8 Å². The fourth-order valence-electron chi connectivity index (χ4n) is 2.43. The third kappa shape index (κ3) is 1.83. The smallest absolute Gasteiger partial charge is 0.0987 e. The van der Waals surface area contributed by atoms with Crippen LogP contribution in [0.15, 0.2) is 22.8 Å². The second kappa shape index (κ2) is 4.31. The Hall–Kier alpha value is -1.07. The number of hydrogen-bond donors (Lipinski definition) is 2. The first-order chi connectivity index (χ1) is 8.27. The quantitative estimate of drug-likeness (QED) is 0.894. The largest absolute Gasteiger partial charge is 0.360 e. The summed E-state index contributed by atoms with van der Waals surface area (Å²) >= 11 is 3.69. The molecule has 0 radical (unpaired) electrons. The highest BCUT2D eigenvalue weighted by Crippen LogP contribution is 2.35. The van der Waals surface area contributed by atoms with Crippen molar-refractivity contribution in [2.24, 2.45) is 7.05 Å². The first kappa shape index (κ1) is 11.0. The summed E-state index contributed by atoms with van der Waals surface area (Å²) < 4.78 is 3.03. The zero-order valence-corrected chi connectivity index (χ0v) is 11.3. The summed E-state index contributed by atoms with van der Waals surface area (Å²) in [5.74, 6) is 0. The average Bonchev–Trinajstić information content (AvgIpc) is 2.99. The number of aromatic amines is 1. The number of nitrogens with one attached hydrogen (secondary N) is 2. The Balaban J connectivity index is 2.05. The fraction of sp³-hybridized carbons (Fsp3) is 0.417. The van der Waals surface area contributed by atoms with Crippen molar-refractivity contribution in [2.75, 3.05) is 6.54 Å². The van der Waals surface area contributed by atoms with Crippen LogP contribution in [0, 0.1) is 0 Å². The Morgan fingerprint density at radius 3 is 3.06 bits per heavy atom. The highest BCUT2D eigenvalue weighted by atomic mass is 79.9. The standard InChI is InChI=1S/C12H15BrN4/c1-17-12(9-5-3-7-15-9)10(13)11(16-17)8-4-2-6-14-8/h3,5,7-8,14-15H,2,4,6H2,1H3. The molecule has 90 valence electrons. The highest BCUT2D eigenvalue weighted by molar-refractivity contribution is 9.10. The number of hydrogen-bond acceptors (Lipinski definition) is 2. The molecule has 1 saturated heterocycles. The van der Waals surface area contributed by atoms with Gasteiger partial charge in [-0.1, -0.05) is 0 Å². The van der Waals surface area contributed by atoms with Crippen molar-refractivity contribution >= 4 is 15.9 Å². The van der Waals surface area contributed by atoms with Crippen molar-refractivity contribution in [3.05, 3.63) is 28.5 Å². The second-order valence-electron chi connectivity index (χ2n) is 4.40. The normalized spacial score (nSPS) is 20.0. The maximum Gasteiger partial charge on any atom is 0.0987 e. The van der Waals surface area contributed by atoms with Crippen LogP contribution in [0.3, 0.4) is 0 Å². The van der Waals surface area contributed by atoms with Gasteiger partial charge in [-0.05, 0) is 47.4 Å². The predicted octanol–water partition coefficient (Wildman–Crippen LogP) is 2.60. The number of rotatable bonds is 2. The van der Waals surface area contributed by atoms with E-state index in [0.717, 1.165) is 28.1 Å². The lowest BCUT2D eigenvalue weighted by molar-refractivity contribution is 0.605. The number of halogens is 1. The minimum absolute atomic E-state index is 0.388. The van der Waals surface area contributed by atoms with Crippen molar-refractivity contribution in [1.82, 2.24) is 20.1 Å². The van der Waals surface area contributed by atoms with Gasteiger partial charge in [-0.2, -0.15) is 5.10 Å². The second-order valence-corrected chi connectivity index (χ2v) is 5.20. The van der Waals surface area contributed by atoms with Crippen LogP contribution in [0.2, 0.25) is 0 Å². The van der Waals surface area contributed by atoms with Crippen molar-refractivity contribution in [3.8, 4) is 11.4 Å². The van der Waals surface area contributed by atoms with Gasteiger partial charge in [0.05, 0.1) is 27.6 Å². The van der Waals surface area contributed by atoms with Crippen molar-refractivity contribution in [1.29, 1.82) is 0 Å². The molecule has 1 fully saturated rings. The highest BCUT2D eigenvalue weighted by Gasteiger charge is 2.25. The summed E-state index contributed by atoms with van der Waals surface area (Å²) in [5.41, 5.74) is 3.32. The van der Waals surface area contributed by atoms with E-state index < -0.39 is 0 Å². The van der Waals surface area contributed by atoms with Crippen molar-refractivity contribution < 1.29 is 0 Å².